The Labute approximate surface area is 205 Å². The van der Waals surface area contributed by atoms with Crippen molar-refractivity contribution in [1.29, 1.82) is 0 Å². The summed E-state index contributed by atoms with van der Waals surface area (Å²) in [5.74, 6) is 0.0361. The van der Waals surface area contributed by atoms with Gasteiger partial charge in [0.2, 0.25) is 10.0 Å². The highest BCUT2D eigenvalue weighted by molar-refractivity contribution is 7.92. The van der Waals surface area contributed by atoms with E-state index in [2.05, 4.69) is 10.0 Å². The van der Waals surface area contributed by atoms with Gasteiger partial charge in [0.1, 0.15) is 5.75 Å². The number of hydrogen-bond acceptors (Lipinski definition) is 6. The molecule has 3 rings (SSSR count). The van der Waals surface area contributed by atoms with Gasteiger partial charge in [-0.2, -0.15) is 0 Å². The molecule has 3 aromatic carbocycles. The SMILES string of the molecule is Cc1cccc(NS(=O)(=O)c2ccc(NC(=O)COc3ccc(CN(C)S(C)(=O)=O)cc3)cc2)c1. The highest BCUT2D eigenvalue weighted by Gasteiger charge is 2.15. The first-order chi connectivity index (χ1) is 16.4. The van der Waals surface area contributed by atoms with E-state index in [9.17, 15) is 21.6 Å². The second kappa shape index (κ2) is 10.9. The van der Waals surface area contributed by atoms with Crippen molar-refractivity contribution in [2.24, 2.45) is 0 Å². The first-order valence-corrected chi connectivity index (χ1v) is 13.9. The van der Waals surface area contributed by atoms with E-state index in [1.165, 1.54) is 35.6 Å². The molecule has 1 amide bonds. The fraction of sp³-hybridized carbons (Fsp3) is 0.208. The van der Waals surface area contributed by atoms with Crippen molar-refractivity contribution in [3.05, 3.63) is 83.9 Å². The summed E-state index contributed by atoms with van der Waals surface area (Å²) in [6, 6.07) is 19.6. The summed E-state index contributed by atoms with van der Waals surface area (Å²) < 4.78 is 57.4. The van der Waals surface area contributed by atoms with Crippen molar-refractivity contribution in [2.75, 3.05) is 29.9 Å². The smallest absolute Gasteiger partial charge is 0.262 e. The molecule has 0 heterocycles. The summed E-state index contributed by atoms with van der Waals surface area (Å²) in [6.07, 6.45) is 1.14. The molecular formula is C24H27N3O6S2. The zero-order chi connectivity index (χ0) is 25.6. The minimum atomic E-state index is -3.76. The average Bonchev–Trinajstić information content (AvgIpc) is 2.78. The van der Waals surface area contributed by atoms with Gasteiger partial charge in [-0.15, -0.1) is 0 Å². The second-order valence-electron chi connectivity index (χ2n) is 8.00. The van der Waals surface area contributed by atoms with Crippen molar-refractivity contribution in [1.82, 2.24) is 4.31 Å². The van der Waals surface area contributed by atoms with Gasteiger partial charge in [-0.1, -0.05) is 24.3 Å². The molecule has 9 nitrogen and oxygen atoms in total. The van der Waals surface area contributed by atoms with Crippen LogP contribution in [0, 0.1) is 6.92 Å². The van der Waals surface area contributed by atoms with Crippen LogP contribution in [0.15, 0.2) is 77.7 Å². The number of aryl methyl sites for hydroxylation is 1. The molecule has 0 radical (unpaired) electrons. The number of ether oxygens (including phenoxy) is 1. The number of anilines is 2. The molecule has 186 valence electrons. The molecule has 0 aromatic heterocycles. The summed E-state index contributed by atoms with van der Waals surface area (Å²) in [6.45, 7) is 1.85. The molecule has 0 fully saturated rings. The molecule has 0 saturated carbocycles. The highest BCUT2D eigenvalue weighted by atomic mass is 32.2. The molecule has 35 heavy (non-hydrogen) atoms. The number of hydrogen-bond donors (Lipinski definition) is 2. The minimum absolute atomic E-state index is 0.0647. The molecule has 0 spiro atoms. The number of amides is 1. The van der Waals surface area contributed by atoms with E-state index in [0.717, 1.165) is 17.4 Å². The topological polar surface area (TPSA) is 122 Å². The lowest BCUT2D eigenvalue weighted by atomic mass is 10.2. The molecule has 0 bridgehead atoms. The van der Waals surface area contributed by atoms with Gasteiger partial charge in [-0.3, -0.25) is 9.52 Å². The number of nitrogens with one attached hydrogen (secondary N) is 2. The maximum Gasteiger partial charge on any atom is 0.262 e. The maximum atomic E-state index is 12.6. The highest BCUT2D eigenvalue weighted by Crippen LogP contribution is 2.19. The van der Waals surface area contributed by atoms with Crippen LogP contribution >= 0.6 is 0 Å². The monoisotopic (exact) mass is 517 g/mol. The normalized spacial score (nSPS) is 11.8. The van der Waals surface area contributed by atoms with Crippen molar-refractivity contribution in [2.45, 2.75) is 18.4 Å². The van der Waals surface area contributed by atoms with Gasteiger partial charge in [-0.25, -0.2) is 21.1 Å². The van der Waals surface area contributed by atoms with Gasteiger partial charge in [0, 0.05) is 25.0 Å². The summed E-state index contributed by atoms with van der Waals surface area (Å²) in [5.41, 5.74) is 2.60. The van der Waals surface area contributed by atoms with Crippen molar-refractivity contribution in [3.8, 4) is 5.75 Å². The molecule has 0 aliphatic heterocycles. The van der Waals surface area contributed by atoms with Crippen LogP contribution in [0.3, 0.4) is 0 Å². The zero-order valence-corrected chi connectivity index (χ0v) is 21.2. The summed E-state index contributed by atoms with van der Waals surface area (Å²) in [4.78, 5) is 12.3. The first-order valence-electron chi connectivity index (χ1n) is 10.5. The molecule has 0 aliphatic carbocycles. The van der Waals surface area contributed by atoms with Gasteiger partial charge >= 0.3 is 0 Å². The molecular weight excluding hydrogens is 490 g/mol. The number of benzene rings is 3. The van der Waals surface area contributed by atoms with Crippen LogP contribution in [0.2, 0.25) is 0 Å². The Hall–Kier alpha value is -3.41. The first kappa shape index (κ1) is 26.2. The third kappa shape index (κ3) is 7.81. The van der Waals surface area contributed by atoms with Crippen LogP contribution in [0.5, 0.6) is 5.75 Å². The van der Waals surface area contributed by atoms with E-state index in [4.69, 9.17) is 4.74 Å². The molecule has 0 unspecified atom stereocenters. The fourth-order valence-electron chi connectivity index (χ4n) is 3.05. The minimum Gasteiger partial charge on any atom is -0.484 e. The predicted molar refractivity (Wildman–Crippen MR) is 135 cm³/mol. The Bertz CT molecular complexity index is 1390. The Morgan fingerprint density at radius 3 is 2.17 bits per heavy atom. The van der Waals surface area contributed by atoms with Crippen LogP contribution in [-0.2, 0) is 31.4 Å². The molecule has 0 atom stereocenters. The Morgan fingerprint density at radius 2 is 1.57 bits per heavy atom. The maximum absolute atomic E-state index is 12.6. The van der Waals surface area contributed by atoms with Crippen LogP contribution < -0.4 is 14.8 Å². The van der Waals surface area contributed by atoms with Crippen molar-refractivity contribution in [3.63, 3.8) is 0 Å². The van der Waals surface area contributed by atoms with E-state index in [1.807, 2.05) is 13.0 Å². The lowest BCUT2D eigenvalue weighted by Crippen LogP contribution is -2.24. The van der Waals surface area contributed by atoms with Gasteiger partial charge in [0.25, 0.3) is 15.9 Å². The van der Waals surface area contributed by atoms with Gasteiger partial charge < -0.3 is 10.1 Å². The molecule has 11 heteroatoms. The molecule has 2 N–H and O–H groups in total. The number of carbonyl (C=O) groups excluding carboxylic acids is 1. The lowest BCUT2D eigenvalue weighted by Gasteiger charge is -2.14. The molecule has 0 saturated heterocycles. The largest absolute Gasteiger partial charge is 0.484 e. The number of rotatable bonds is 10. The van der Waals surface area contributed by atoms with Gasteiger partial charge in [0.15, 0.2) is 6.61 Å². The predicted octanol–water partition coefficient (Wildman–Crippen LogP) is 3.20. The zero-order valence-electron chi connectivity index (χ0n) is 19.6. The van der Waals surface area contributed by atoms with Crippen LogP contribution in [0.4, 0.5) is 11.4 Å². The van der Waals surface area contributed by atoms with Crippen LogP contribution in [0.1, 0.15) is 11.1 Å². The summed E-state index contributed by atoms with van der Waals surface area (Å²) >= 11 is 0. The lowest BCUT2D eigenvalue weighted by molar-refractivity contribution is -0.118. The van der Waals surface area contributed by atoms with E-state index >= 15 is 0 Å². The second-order valence-corrected chi connectivity index (χ2v) is 11.8. The molecule has 3 aromatic rings. The van der Waals surface area contributed by atoms with Crippen LogP contribution in [0.25, 0.3) is 0 Å². The average molecular weight is 518 g/mol. The summed E-state index contributed by atoms with van der Waals surface area (Å²) in [7, 11) is -5.55. The quantitative estimate of drug-likeness (QED) is 0.426. The Balaban J connectivity index is 1.52. The fourth-order valence-corrected chi connectivity index (χ4v) is 4.48. The standard InChI is InChI=1S/C24H27N3O6S2/c1-18-5-4-6-21(15-18)26-35(31,32)23-13-9-20(10-14-23)25-24(28)17-33-22-11-7-19(8-12-22)16-27(2)34(3,29)30/h4-15,26H,16-17H2,1-3H3,(H,25,28). The Kier molecular flexibility index (Phi) is 8.15. The van der Waals surface area contributed by atoms with Crippen molar-refractivity contribution < 1.29 is 26.4 Å². The van der Waals surface area contributed by atoms with E-state index in [0.29, 0.717) is 17.1 Å². The number of nitrogens with zero attached hydrogens (tertiary/aromatic N) is 1. The van der Waals surface area contributed by atoms with E-state index in [1.54, 1.807) is 42.5 Å². The summed E-state index contributed by atoms with van der Waals surface area (Å²) in [5, 5.41) is 2.65. The van der Waals surface area contributed by atoms with Crippen LogP contribution in [-0.4, -0.2) is 47.0 Å². The van der Waals surface area contributed by atoms with E-state index in [-0.39, 0.29) is 18.0 Å². The van der Waals surface area contributed by atoms with Gasteiger partial charge in [0.05, 0.1) is 11.2 Å². The number of carbonyl (C=O) groups is 1. The van der Waals surface area contributed by atoms with Crippen molar-refractivity contribution >= 4 is 37.3 Å². The number of sulfonamides is 2. The third-order valence-electron chi connectivity index (χ3n) is 4.98. The van der Waals surface area contributed by atoms with Gasteiger partial charge in [-0.05, 0) is 66.6 Å². The molecule has 0 aliphatic rings. The third-order valence-corrected chi connectivity index (χ3v) is 7.64. The van der Waals surface area contributed by atoms with E-state index < -0.39 is 26.0 Å². The Morgan fingerprint density at radius 1 is 0.914 bits per heavy atom.